The van der Waals surface area contributed by atoms with Crippen LogP contribution in [0.15, 0.2) is 48.5 Å². The van der Waals surface area contributed by atoms with E-state index in [0.29, 0.717) is 12.8 Å². The molecule has 3 nitrogen and oxygen atoms in total. The lowest BCUT2D eigenvalue weighted by Gasteiger charge is -2.37. The molecule has 0 saturated heterocycles. The fourth-order valence-electron chi connectivity index (χ4n) is 4.03. The Morgan fingerprint density at radius 1 is 0.857 bits per heavy atom. The van der Waals surface area contributed by atoms with Crippen LogP contribution in [0.25, 0.3) is 0 Å². The lowest BCUT2D eigenvalue weighted by Crippen LogP contribution is -2.38. The van der Waals surface area contributed by atoms with Gasteiger partial charge in [0.25, 0.3) is 0 Å². The van der Waals surface area contributed by atoms with Crippen molar-refractivity contribution in [2.45, 2.75) is 52.1 Å². The Labute approximate surface area is 171 Å². The lowest BCUT2D eigenvalue weighted by molar-refractivity contribution is 0.250. The Bertz CT molecular complexity index is 730. The van der Waals surface area contributed by atoms with Gasteiger partial charge in [0.1, 0.15) is 11.5 Å². The summed E-state index contributed by atoms with van der Waals surface area (Å²) in [5.41, 5.74) is 2.32. The molecular formula is C24H33O3P. The number of para-hydroxylation sites is 2. The number of hydrogen-bond acceptors (Lipinski definition) is 3. The molecule has 2 aromatic rings. The minimum Gasteiger partial charge on any atom is -0.496 e. The molecule has 0 aliphatic carbocycles. The van der Waals surface area contributed by atoms with Gasteiger partial charge in [-0.1, -0.05) is 64.1 Å². The minimum atomic E-state index is -0.448. The summed E-state index contributed by atoms with van der Waals surface area (Å²) in [6, 6.07) is 16.1. The van der Waals surface area contributed by atoms with Crippen molar-refractivity contribution in [3.63, 3.8) is 0 Å². The molecule has 4 heteroatoms. The van der Waals surface area contributed by atoms with Gasteiger partial charge in [-0.25, -0.2) is 0 Å². The van der Waals surface area contributed by atoms with Crippen molar-refractivity contribution in [2.75, 3.05) is 14.2 Å². The molecule has 28 heavy (non-hydrogen) atoms. The molecule has 0 radical (unpaired) electrons. The van der Waals surface area contributed by atoms with Gasteiger partial charge < -0.3 is 9.47 Å². The summed E-state index contributed by atoms with van der Waals surface area (Å²) in [7, 11) is 3.53. The molecule has 0 N–H and O–H groups in total. The monoisotopic (exact) mass is 400 g/mol. The first kappa shape index (κ1) is 22.4. The van der Waals surface area contributed by atoms with E-state index in [9.17, 15) is 4.57 Å². The predicted molar refractivity (Wildman–Crippen MR) is 117 cm³/mol. The molecule has 0 fully saturated rings. The Balaban J connectivity index is 2.50. The highest BCUT2D eigenvalue weighted by molar-refractivity contribution is 7.26. The summed E-state index contributed by atoms with van der Waals surface area (Å²) >= 11 is 0. The van der Waals surface area contributed by atoms with Crippen LogP contribution in [0.1, 0.15) is 45.2 Å². The molecule has 1 unspecified atom stereocenters. The standard InChI is InChI=1S/C24H33O3P/c1-18(15-23(2,3)4)24(28-25,16-19-11-7-9-13-21(19)26-5)17-20-12-8-10-14-22(20)27-6/h7-14,18H,15-17H2,1-6H3. The van der Waals surface area contributed by atoms with E-state index in [1.165, 1.54) is 0 Å². The van der Waals surface area contributed by atoms with Crippen molar-refractivity contribution in [1.29, 1.82) is 0 Å². The van der Waals surface area contributed by atoms with E-state index < -0.39 is 5.16 Å². The van der Waals surface area contributed by atoms with Crippen LogP contribution in [0.4, 0.5) is 0 Å². The zero-order valence-corrected chi connectivity index (χ0v) is 18.9. The average Bonchev–Trinajstić information content (AvgIpc) is 2.66. The van der Waals surface area contributed by atoms with Gasteiger partial charge in [-0.05, 0) is 53.9 Å². The van der Waals surface area contributed by atoms with Crippen molar-refractivity contribution in [2.24, 2.45) is 11.3 Å². The molecule has 1 atom stereocenters. The highest BCUT2D eigenvalue weighted by atomic mass is 31.1. The molecule has 0 spiro atoms. The number of ether oxygens (including phenoxy) is 2. The van der Waals surface area contributed by atoms with Gasteiger partial charge in [0.15, 0.2) is 8.46 Å². The van der Waals surface area contributed by atoms with Crippen LogP contribution in [0.3, 0.4) is 0 Å². The van der Waals surface area contributed by atoms with E-state index in [1.54, 1.807) is 14.2 Å². The quantitative estimate of drug-likeness (QED) is 0.445. The Morgan fingerprint density at radius 2 is 1.29 bits per heavy atom. The predicted octanol–water partition coefficient (Wildman–Crippen LogP) is 6.59. The maximum atomic E-state index is 12.8. The summed E-state index contributed by atoms with van der Waals surface area (Å²) in [6.45, 7) is 8.94. The van der Waals surface area contributed by atoms with Gasteiger partial charge >= 0.3 is 0 Å². The van der Waals surface area contributed by atoms with Crippen LogP contribution in [0, 0.1) is 11.3 Å². The Hall–Kier alpha value is -1.86. The molecular weight excluding hydrogens is 367 g/mol. The van der Waals surface area contributed by atoms with Crippen molar-refractivity contribution >= 4 is 8.46 Å². The first-order valence-electron chi connectivity index (χ1n) is 9.83. The largest absolute Gasteiger partial charge is 0.496 e. The van der Waals surface area contributed by atoms with Crippen molar-refractivity contribution in [3.05, 3.63) is 59.7 Å². The molecule has 2 aromatic carbocycles. The summed E-state index contributed by atoms with van der Waals surface area (Å²) in [5, 5.41) is -0.448. The van der Waals surface area contributed by atoms with E-state index in [2.05, 4.69) is 39.8 Å². The second-order valence-corrected chi connectivity index (χ2v) is 9.91. The number of methoxy groups -OCH3 is 2. The van der Waals surface area contributed by atoms with Crippen molar-refractivity contribution in [1.82, 2.24) is 0 Å². The molecule has 0 amide bonds. The van der Waals surface area contributed by atoms with E-state index >= 15 is 0 Å². The minimum absolute atomic E-state index is 0.150. The van der Waals surface area contributed by atoms with E-state index in [1.807, 2.05) is 36.4 Å². The highest BCUT2D eigenvalue weighted by Gasteiger charge is 2.40. The zero-order valence-electron chi connectivity index (χ0n) is 18.0. The number of benzene rings is 2. The highest BCUT2D eigenvalue weighted by Crippen LogP contribution is 2.45. The summed E-state index contributed by atoms with van der Waals surface area (Å²) in [4.78, 5) is 0. The molecule has 0 heterocycles. The van der Waals surface area contributed by atoms with Crippen molar-refractivity contribution < 1.29 is 14.0 Å². The first-order chi connectivity index (χ1) is 13.2. The van der Waals surface area contributed by atoms with E-state index in [4.69, 9.17) is 9.47 Å². The fourth-order valence-corrected chi connectivity index (χ4v) is 4.77. The molecule has 0 aliphatic rings. The van der Waals surface area contributed by atoms with E-state index in [-0.39, 0.29) is 19.8 Å². The third kappa shape index (κ3) is 5.58. The van der Waals surface area contributed by atoms with Crippen LogP contribution >= 0.6 is 8.46 Å². The van der Waals surface area contributed by atoms with Crippen LogP contribution < -0.4 is 9.47 Å². The maximum absolute atomic E-state index is 12.8. The van der Waals surface area contributed by atoms with Crippen LogP contribution in [-0.2, 0) is 17.4 Å². The third-order valence-electron chi connectivity index (χ3n) is 5.40. The van der Waals surface area contributed by atoms with Crippen LogP contribution in [0.2, 0.25) is 0 Å². The van der Waals surface area contributed by atoms with E-state index in [0.717, 1.165) is 29.0 Å². The topological polar surface area (TPSA) is 35.5 Å². The second-order valence-electron chi connectivity index (χ2n) is 8.84. The van der Waals surface area contributed by atoms with Gasteiger partial charge in [0.05, 0.1) is 19.4 Å². The average molecular weight is 400 g/mol. The Kier molecular flexibility index (Phi) is 7.66. The smallest absolute Gasteiger partial charge is 0.163 e. The summed E-state index contributed by atoms with van der Waals surface area (Å²) in [5.74, 6) is 1.93. The van der Waals surface area contributed by atoms with Gasteiger partial charge in [0.2, 0.25) is 0 Å². The molecule has 0 bridgehead atoms. The third-order valence-corrected chi connectivity index (χ3v) is 6.52. The SMILES string of the molecule is COc1ccccc1CC(Cc1ccccc1OC)(P=O)C(C)CC(C)(C)C. The Morgan fingerprint density at radius 3 is 1.64 bits per heavy atom. The molecule has 152 valence electrons. The van der Waals surface area contributed by atoms with Crippen molar-refractivity contribution in [3.8, 4) is 11.5 Å². The van der Waals surface area contributed by atoms with Gasteiger partial charge in [-0.2, -0.15) is 0 Å². The van der Waals surface area contributed by atoms with Gasteiger partial charge in [-0.3, -0.25) is 4.57 Å². The number of hydrogen-bond donors (Lipinski definition) is 0. The van der Waals surface area contributed by atoms with Gasteiger partial charge in [0, 0.05) is 0 Å². The molecule has 0 aromatic heterocycles. The van der Waals surface area contributed by atoms with Crippen LogP contribution in [-0.4, -0.2) is 19.4 Å². The number of rotatable bonds is 9. The lowest BCUT2D eigenvalue weighted by atomic mass is 9.74. The molecule has 0 aliphatic heterocycles. The maximum Gasteiger partial charge on any atom is 0.163 e. The summed E-state index contributed by atoms with van der Waals surface area (Å²) < 4.78 is 23.9. The molecule has 0 saturated carbocycles. The van der Waals surface area contributed by atoms with Gasteiger partial charge in [-0.15, -0.1) is 0 Å². The fraction of sp³-hybridized carbons (Fsp3) is 0.500. The van der Waals surface area contributed by atoms with Crippen LogP contribution in [0.5, 0.6) is 11.5 Å². The summed E-state index contributed by atoms with van der Waals surface area (Å²) in [6.07, 6.45) is 2.33. The molecule has 2 rings (SSSR count). The first-order valence-corrected chi connectivity index (χ1v) is 10.6. The second kappa shape index (κ2) is 9.56. The normalized spacial score (nSPS) is 13.4. The zero-order chi connectivity index (χ0) is 20.8.